The van der Waals surface area contributed by atoms with Crippen LogP contribution in [-0.2, 0) is 11.3 Å². The Morgan fingerprint density at radius 1 is 1.23 bits per heavy atom. The zero-order chi connectivity index (χ0) is 15.4. The molecule has 22 heavy (non-hydrogen) atoms. The van der Waals surface area contributed by atoms with Crippen molar-refractivity contribution in [2.75, 3.05) is 13.1 Å². The Bertz CT molecular complexity index is 497. The van der Waals surface area contributed by atoms with E-state index < -0.39 is 5.60 Å². The highest BCUT2D eigenvalue weighted by molar-refractivity contribution is 5.82. The minimum Gasteiger partial charge on any atom is -0.388 e. The summed E-state index contributed by atoms with van der Waals surface area (Å²) in [5.41, 5.74) is 0.579. The monoisotopic (exact) mass is 302 g/mol. The van der Waals surface area contributed by atoms with Gasteiger partial charge in [-0.25, -0.2) is 0 Å². The van der Waals surface area contributed by atoms with Crippen molar-refractivity contribution in [2.24, 2.45) is 0 Å². The number of nitrogens with one attached hydrogen (secondary N) is 1. The van der Waals surface area contributed by atoms with Crippen LogP contribution in [0.25, 0.3) is 0 Å². The summed E-state index contributed by atoms with van der Waals surface area (Å²) >= 11 is 0. The Balaban J connectivity index is 1.54. The van der Waals surface area contributed by atoms with E-state index in [2.05, 4.69) is 22.3 Å². The van der Waals surface area contributed by atoms with Gasteiger partial charge in [-0.2, -0.15) is 0 Å². The fourth-order valence-corrected chi connectivity index (χ4v) is 3.71. The van der Waals surface area contributed by atoms with E-state index in [1.54, 1.807) is 0 Å². The van der Waals surface area contributed by atoms with Crippen LogP contribution in [0, 0.1) is 0 Å². The molecule has 2 N–H and O–H groups in total. The summed E-state index contributed by atoms with van der Waals surface area (Å²) in [7, 11) is 0. The lowest BCUT2D eigenvalue weighted by molar-refractivity contribution is -0.126. The number of nitrogens with zero attached hydrogens (tertiary/aromatic N) is 1. The van der Waals surface area contributed by atoms with Crippen LogP contribution in [0.2, 0.25) is 0 Å². The third-order valence-corrected chi connectivity index (χ3v) is 5.02. The number of carbonyl (C=O) groups is 1. The summed E-state index contributed by atoms with van der Waals surface area (Å²) in [5.74, 6) is 0.0776. The molecule has 1 unspecified atom stereocenters. The highest BCUT2D eigenvalue weighted by Gasteiger charge is 2.34. The van der Waals surface area contributed by atoms with Gasteiger partial charge in [-0.3, -0.25) is 9.69 Å². The van der Waals surface area contributed by atoms with Crippen LogP contribution >= 0.6 is 0 Å². The minimum atomic E-state index is -0.668. The van der Waals surface area contributed by atoms with Crippen molar-refractivity contribution < 1.29 is 9.90 Å². The zero-order valence-electron chi connectivity index (χ0n) is 13.1. The van der Waals surface area contributed by atoms with Crippen molar-refractivity contribution in [3.8, 4) is 0 Å². The van der Waals surface area contributed by atoms with Crippen molar-refractivity contribution in [1.29, 1.82) is 0 Å². The maximum atomic E-state index is 12.5. The van der Waals surface area contributed by atoms with E-state index >= 15 is 0 Å². The fraction of sp³-hybridized carbons (Fsp3) is 0.611. The highest BCUT2D eigenvalue weighted by Crippen LogP contribution is 2.29. The van der Waals surface area contributed by atoms with E-state index in [1.165, 1.54) is 5.56 Å². The molecule has 1 aromatic rings. The molecule has 2 fully saturated rings. The predicted molar refractivity (Wildman–Crippen MR) is 86.3 cm³/mol. The van der Waals surface area contributed by atoms with Gasteiger partial charge in [-0.15, -0.1) is 0 Å². The zero-order valence-corrected chi connectivity index (χ0v) is 13.1. The van der Waals surface area contributed by atoms with Crippen LogP contribution < -0.4 is 5.32 Å². The van der Waals surface area contributed by atoms with Gasteiger partial charge in [0, 0.05) is 13.1 Å². The van der Waals surface area contributed by atoms with Crippen LogP contribution in [-0.4, -0.2) is 40.6 Å². The standard InChI is InChI=1S/C18H26N2O2/c21-17(19-14-18(22)10-4-5-11-18)16-9-6-12-20(16)13-15-7-2-1-3-8-15/h1-3,7-8,16,22H,4-6,9-14H2,(H,19,21). The molecule has 0 aromatic heterocycles. The van der Waals surface area contributed by atoms with Crippen LogP contribution in [0.1, 0.15) is 44.1 Å². The minimum absolute atomic E-state index is 0.0507. The lowest BCUT2D eigenvalue weighted by Crippen LogP contribution is -2.48. The molecular weight excluding hydrogens is 276 g/mol. The summed E-state index contributed by atoms with van der Waals surface area (Å²) in [6.45, 7) is 2.20. The molecular formula is C18H26N2O2. The van der Waals surface area contributed by atoms with E-state index in [1.807, 2.05) is 18.2 Å². The summed E-state index contributed by atoms with van der Waals surface area (Å²) < 4.78 is 0. The van der Waals surface area contributed by atoms with Crippen molar-refractivity contribution >= 4 is 5.91 Å². The van der Waals surface area contributed by atoms with Gasteiger partial charge in [0.2, 0.25) is 5.91 Å². The molecule has 4 nitrogen and oxygen atoms in total. The van der Waals surface area contributed by atoms with Gasteiger partial charge >= 0.3 is 0 Å². The first-order valence-corrected chi connectivity index (χ1v) is 8.44. The number of likely N-dealkylation sites (tertiary alicyclic amines) is 1. The quantitative estimate of drug-likeness (QED) is 0.875. The molecule has 0 radical (unpaired) electrons. The third-order valence-electron chi connectivity index (χ3n) is 5.02. The van der Waals surface area contributed by atoms with Gasteiger partial charge < -0.3 is 10.4 Å². The molecule has 1 aliphatic carbocycles. The van der Waals surface area contributed by atoms with Crippen LogP contribution in [0.15, 0.2) is 30.3 Å². The fourth-order valence-electron chi connectivity index (χ4n) is 3.71. The second-order valence-electron chi connectivity index (χ2n) is 6.76. The van der Waals surface area contributed by atoms with E-state index in [9.17, 15) is 9.90 Å². The summed E-state index contributed by atoms with van der Waals surface area (Å²) in [6.07, 6.45) is 5.73. The number of hydrogen-bond donors (Lipinski definition) is 2. The topological polar surface area (TPSA) is 52.6 Å². The highest BCUT2D eigenvalue weighted by atomic mass is 16.3. The van der Waals surface area contributed by atoms with Gasteiger partial charge in [0.15, 0.2) is 0 Å². The summed E-state index contributed by atoms with van der Waals surface area (Å²) in [6, 6.07) is 10.3. The molecule has 1 aliphatic heterocycles. The average Bonchev–Trinajstić information content (AvgIpc) is 3.16. The van der Waals surface area contributed by atoms with Gasteiger partial charge in [0.25, 0.3) is 0 Å². The maximum absolute atomic E-state index is 12.5. The Kier molecular flexibility index (Phi) is 4.79. The SMILES string of the molecule is O=C(NCC1(O)CCCC1)C1CCCN1Cc1ccccc1. The molecule has 1 heterocycles. The van der Waals surface area contributed by atoms with Crippen molar-refractivity contribution in [3.63, 3.8) is 0 Å². The number of rotatable bonds is 5. The largest absolute Gasteiger partial charge is 0.388 e. The van der Waals surface area contributed by atoms with Gasteiger partial charge in [-0.05, 0) is 37.8 Å². The molecule has 1 amide bonds. The molecule has 1 atom stereocenters. The number of hydrogen-bond acceptors (Lipinski definition) is 3. The average molecular weight is 302 g/mol. The molecule has 0 spiro atoms. The lowest BCUT2D eigenvalue weighted by atomic mass is 10.0. The molecule has 4 heteroatoms. The molecule has 1 aromatic carbocycles. The van der Waals surface area contributed by atoms with E-state index in [4.69, 9.17) is 0 Å². The van der Waals surface area contributed by atoms with Crippen LogP contribution in [0.4, 0.5) is 0 Å². The van der Waals surface area contributed by atoms with Crippen LogP contribution in [0.3, 0.4) is 0 Å². The Morgan fingerprint density at radius 2 is 1.95 bits per heavy atom. The van der Waals surface area contributed by atoms with Crippen molar-refractivity contribution in [2.45, 2.75) is 56.7 Å². The van der Waals surface area contributed by atoms with Crippen LogP contribution in [0.5, 0.6) is 0 Å². The molecule has 2 aliphatic rings. The second-order valence-corrected chi connectivity index (χ2v) is 6.76. The first-order chi connectivity index (χ1) is 10.7. The molecule has 3 rings (SSSR count). The first-order valence-electron chi connectivity index (χ1n) is 8.44. The number of benzene rings is 1. The van der Waals surface area contributed by atoms with Crippen molar-refractivity contribution in [3.05, 3.63) is 35.9 Å². The molecule has 120 valence electrons. The van der Waals surface area contributed by atoms with Gasteiger partial charge in [0.1, 0.15) is 0 Å². The molecule has 0 bridgehead atoms. The summed E-state index contributed by atoms with van der Waals surface area (Å²) in [4.78, 5) is 14.7. The molecule has 1 saturated carbocycles. The number of amides is 1. The predicted octanol–water partition coefficient (Wildman–Crippen LogP) is 2.07. The van der Waals surface area contributed by atoms with E-state index in [0.29, 0.717) is 6.54 Å². The van der Waals surface area contributed by atoms with Crippen molar-refractivity contribution in [1.82, 2.24) is 10.2 Å². The number of carbonyl (C=O) groups excluding carboxylic acids is 1. The normalized spacial score (nSPS) is 24.5. The van der Waals surface area contributed by atoms with E-state index in [-0.39, 0.29) is 11.9 Å². The van der Waals surface area contributed by atoms with Gasteiger partial charge in [-0.1, -0.05) is 43.2 Å². The second kappa shape index (κ2) is 6.80. The smallest absolute Gasteiger partial charge is 0.237 e. The third kappa shape index (κ3) is 3.68. The molecule has 1 saturated heterocycles. The maximum Gasteiger partial charge on any atom is 0.237 e. The van der Waals surface area contributed by atoms with Gasteiger partial charge in [0.05, 0.1) is 11.6 Å². The Hall–Kier alpha value is -1.39. The Labute approximate surface area is 132 Å². The number of aliphatic hydroxyl groups is 1. The summed E-state index contributed by atoms with van der Waals surface area (Å²) in [5, 5.41) is 13.3. The van der Waals surface area contributed by atoms with E-state index in [0.717, 1.165) is 51.6 Å². The Morgan fingerprint density at radius 3 is 2.68 bits per heavy atom. The first kappa shape index (κ1) is 15.5. The lowest BCUT2D eigenvalue weighted by Gasteiger charge is -2.27.